The average Bonchev–Trinajstić information content (AvgIpc) is 2.70. The van der Waals surface area contributed by atoms with E-state index in [-0.39, 0.29) is 0 Å². The summed E-state index contributed by atoms with van der Waals surface area (Å²) in [5.74, 6) is 5.01. The van der Waals surface area contributed by atoms with E-state index in [0.29, 0.717) is 18.5 Å². The van der Waals surface area contributed by atoms with E-state index in [0.717, 1.165) is 35.8 Å². The number of hydrogen-bond acceptors (Lipinski definition) is 2. The van der Waals surface area contributed by atoms with Crippen molar-refractivity contribution in [1.29, 1.82) is 0 Å². The van der Waals surface area contributed by atoms with Crippen LogP contribution in [0.25, 0.3) is 0 Å². The number of ether oxygens (including phenoxy) is 1. The molecule has 4 saturated carbocycles. The van der Waals surface area contributed by atoms with Gasteiger partial charge >= 0.3 is 0 Å². The summed E-state index contributed by atoms with van der Waals surface area (Å²) >= 11 is 0. The van der Waals surface area contributed by atoms with Gasteiger partial charge in [-0.2, -0.15) is 0 Å². The van der Waals surface area contributed by atoms with Crippen molar-refractivity contribution in [1.82, 2.24) is 0 Å². The molecule has 0 aliphatic heterocycles. The molecule has 2 aromatic carbocycles. The topological polar surface area (TPSA) is 47.6 Å². The summed E-state index contributed by atoms with van der Waals surface area (Å²) in [4.78, 5) is 4.93. The summed E-state index contributed by atoms with van der Waals surface area (Å²) in [6.45, 7) is 0.390. The van der Waals surface area contributed by atoms with Crippen molar-refractivity contribution in [2.45, 2.75) is 44.6 Å². The van der Waals surface area contributed by atoms with Crippen LogP contribution in [0.1, 0.15) is 43.2 Å². The molecule has 4 bridgehead atoms. The summed E-state index contributed by atoms with van der Waals surface area (Å²) in [5.41, 5.74) is 8.87. The van der Waals surface area contributed by atoms with Crippen LogP contribution in [0.4, 0.5) is 0 Å². The van der Waals surface area contributed by atoms with Crippen molar-refractivity contribution in [3.05, 3.63) is 65.7 Å². The standard InChI is InChI=1S/C25H30N2O/c26-24(27-25-21-12-19-11-20(14-21)15-22(25)13-19)16-28-23-8-6-18(7-9-23)10-17-4-2-1-3-5-17/h1-9,19-22,25H,10-16H2,(H2,26,27). The second-order valence-corrected chi connectivity index (χ2v) is 9.14. The molecule has 3 heteroatoms. The first kappa shape index (κ1) is 17.8. The molecule has 4 fully saturated rings. The molecule has 6 rings (SSSR count). The van der Waals surface area contributed by atoms with E-state index in [1.54, 1.807) is 0 Å². The molecule has 4 aliphatic rings. The maximum absolute atomic E-state index is 6.26. The number of aliphatic imine (C=N–C) groups is 1. The van der Waals surface area contributed by atoms with Gasteiger partial charge in [0.1, 0.15) is 18.2 Å². The van der Waals surface area contributed by atoms with Gasteiger partial charge in [0.2, 0.25) is 0 Å². The van der Waals surface area contributed by atoms with E-state index in [2.05, 4.69) is 42.5 Å². The highest BCUT2D eigenvalue weighted by Crippen LogP contribution is 2.54. The summed E-state index contributed by atoms with van der Waals surface area (Å²) < 4.78 is 5.91. The molecule has 28 heavy (non-hydrogen) atoms. The fraction of sp³-hybridized carbons (Fsp3) is 0.480. The molecule has 0 aromatic heterocycles. The maximum atomic E-state index is 6.26. The zero-order valence-electron chi connectivity index (χ0n) is 16.5. The number of nitrogens with zero attached hydrogens (tertiary/aromatic N) is 1. The molecule has 2 aromatic rings. The molecular formula is C25H30N2O. The fourth-order valence-electron chi connectivity index (χ4n) is 6.03. The Kier molecular flexibility index (Phi) is 4.84. The van der Waals surface area contributed by atoms with Crippen molar-refractivity contribution in [3.8, 4) is 5.75 Å². The van der Waals surface area contributed by atoms with Crippen LogP contribution in [0.5, 0.6) is 5.75 Å². The molecule has 146 valence electrons. The van der Waals surface area contributed by atoms with Crippen molar-refractivity contribution in [2.75, 3.05) is 6.61 Å². The Morgan fingerprint density at radius 3 is 2.07 bits per heavy atom. The average molecular weight is 375 g/mol. The zero-order valence-corrected chi connectivity index (χ0v) is 16.5. The first-order valence-electron chi connectivity index (χ1n) is 10.8. The van der Waals surface area contributed by atoms with Gasteiger partial charge in [-0.3, -0.25) is 4.99 Å². The molecular weight excluding hydrogens is 344 g/mol. The van der Waals surface area contributed by atoms with Crippen molar-refractivity contribution in [2.24, 2.45) is 34.4 Å². The van der Waals surface area contributed by atoms with Gasteiger partial charge < -0.3 is 10.5 Å². The Bertz CT molecular complexity index is 799. The second kappa shape index (κ2) is 7.62. The normalized spacial score (nSPS) is 31.1. The molecule has 0 heterocycles. The number of benzene rings is 2. The Balaban J connectivity index is 1.16. The van der Waals surface area contributed by atoms with Crippen LogP contribution < -0.4 is 10.5 Å². The first-order valence-corrected chi connectivity index (χ1v) is 10.8. The van der Waals surface area contributed by atoms with Gasteiger partial charge in [0, 0.05) is 0 Å². The highest BCUT2D eigenvalue weighted by Gasteiger charge is 2.48. The van der Waals surface area contributed by atoms with Crippen LogP contribution in [0.3, 0.4) is 0 Å². The van der Waals surface area contributed by atoms with Gasteiger partial charge in [-0.1, -0.05) is 42.5 Å². The number of hydrogen-bond donors (Lipinski definition) is 1. The van der Waals surface area contributed by atoms with Gasteiger partial charge in [0.05, 0.1) is 6.04 Å². The van der Waals surface area contributed by atoms with E-state index in [1.807, 2.05) is 12.1 Å². The summed E-state index contributed by atoms with van der Waals surface area (Å²) in [5, 5.41) is 0. The Morgan fingerprint density at radius 1 is 0.821 bits per heavy atom. The Labute approximate surface area is 168 Å². The quantitative estimate of drug-likeness (QED) is 0.581. The lowest BCUT2D eigenvalue weighted by Crippen LogP contribution is -2.48. The minimum absolute atomic E-state index is 0.390. The van der Waals surface area contributed by atoms with Gasteiger partial charge in [-0.25, -0.2) is 0 Å². The lowest BCUT2D eigenvalue weighted by Gasteiger charge is -2.53. The van der Waals surface area contributed by atoms with Gasteiger partial charge in [0.15, 0.2) is 0 Å². The molecule has 0 atom stereocenters. The van der Waals surface area contributed by atoms with Crippen LogP contribution >= 0.6 is 0 Å². The van der Waals surface area contributed by atoms with Gasteiger partial charge in [-0.15, -0.1) is 0 Å². The van der Waals surface area contributed by atoms with E-state index < -0.39 is 0 Å². The van der Waals surface area contributed by atoms with Crippen molar-refractivity contribution in [3.63, 3.8) is 0 Å². The first-order chi connectivity index (χ1) is 13.7. The third kappa shape index (κ3) is 3.80. The predicted molar refractivity (Wildman–Crippen MR) is 114 cm³/mol. The van der Waals surface area contributed by atoms with E-state index in [1.165, 1.54) is 43.2 Å². The highest BCUT2D eigenvalue weighted by atomic mass is 16.5. The molecule has 0 amide bonds. The van der Waals surface area contributed by atoms with E-state index >= 15 is 0 Å². The van der Waals surface area contributed by atoms with Crippen LogP contribution in [0.15, 0.2) is 59.6 Å². The molecule has 0 spiro atoms. The second-order valence-electron chi connectivity index (χ2n) is 9.14. The SMILES string of the molecule is NC(COc1ccc(Cc2ccccc2)cc1)=NC1C2CC3CC(C2)CC1C3. The Morgan fingerprint density at radius 2 is 1.43 bits per heavy atom. The monoisotopic (exact) mass is 374 g/mol. The predicted octanol–water partition coefficient (Wildman–Crippen LogP) is 4.84. The minimum Gasteiger partial charge on any atom is -0.486 e. The van der Waals surface area contributed by atoms with E-state index in [9.17, 15) is 0 Å². The molecule has 3 nitrogen and oxygen atoms in total. The maximum Gasteiger partial charge on any atom is 0.145 e. The van der Waals surface area contributed by atoms with Crippen LogP contribution in [0.2, 0.25) is 0 Å². The highest BCUT2D eigenvalue weighted by molar-refractivity contribution is 5.82. The number of nitrogens with two attached hydrogens (primary N) is 1. The summed E-state index contributed by atoms with van der Waals surface area (Å²) in [7, 11) is 0. The van der Waals surface area contributed by atoms with Gasteiger partial charge in [-0.05, 0) is 85.5 Å². The van der Waals surface area contributed by atoms with Crippen LogP contribution in [0, 0.1) is 23.7 Å². The lowest BCUT2D eigenvalue weighted by atomic mass is 9.54. The third-order valence-electron chi connectivity index (χ3n) is 7.05. The lowest BCUT2D eigenvalue weighted by molar-refractivity contribution is 0.00110. The molecule has 2 N–H and O–H groups in total. The molecule has 0 radical (unpaired) electrons. The number of amidine groups is 1. The fourth-order valence-corrected chi connectivity index (χ4v) is 6.03. The van der Waals surface area contributed by atoms with Gasteiger partial charge in [0.25, 0.3) is 0 Å². The summed E-state index contributed by atoms with van der Waals surface area (Å²) in [6.07, 6.45) is 7.91. The molecule has 0 unspecified atom stereocenters. The van der Waals surface area contributed by atoms with Crippen molar-refractivity contribution >= 4 is 5.84 Å². The molecule has 4 aliphatic carbocycles. The molecule has 0 saturated heterocycles. The largest absolute Gasteiger partial charge is 0.486 e. The zero-order chi connectivity index (χ0) is 18.9. The van der Waals surface area contributed by atoms with Crippen LogP contribution in [-0.2, 0) is 6.42 Å². The van der Waals surface area contributed by atoms with Crippen LogP contribution in [-0.4, -0.2) is 18.5 Å². The summed E-state index contributed by atoms with van der Waals surface area (Å²) in [6, 6.07) is 19.3. The third-order valence-corrected chi connectivity index (χ3v) is 7.05. The minimum atomic E-state index is 0.390. The number of rotatable bonds is 6. The Hall–Kier alpha value is -2.29. The smallest absolute Gasteiger partial charge is 0.145 e. The van der Waals surface area contributed by atoms with E-state index in [4.69, 9.17) is 15.5 Å². The van der Waals surface area contributed by atoms with Crippen molar-refractivity contribution < 1.29 is 4.74 Å².